The van der Waals surface area contributed by atoms with Crippen LogP contribution in [0.1, 0.15) is 15.9 Å². The summed E-state index contributed by atoms with van der Waals surface area (Å²) in [5.74, 6) is -0.528. The molecule has 0 aliphatic carbocycles. The molecule has 0 radical (unpaired) electrons. The van der Waals surface area contributed by atoms with Crippen molar-refractivity contribution in [3.8, 4) is 5.75 Å². The predicted molar refractivity (Wildman–Crippen MR) is 88.4 cm³/mol. The summed E-state index contributed by atoms with van der Waals surface area (Å²) in [4.78, 5) is 24.4. The van der Waals surface area contributed by atoms with Crippen LogP contribution in [0.2, 0.25) is 0 Å². The standard InChI is InChI=1S/C18H12F3NO4/c1-25-11-6-7-15-10(8-11)9-12(17(24)26-15)16(23)22-14-5-3-2-4-13(14)18(19,20)21/h2-9H,1H3,(H,22,23). The Hall–Kier alpha value is -3.29. The maximum Gasteiger partial charge on any atom is 0.418 e. The van der Waals surface area contributed by atoms with Gasteiger partial charge in [-0.15, -0.1) is 0 Å². The molecule has 3 rings (SSSR count). The van der Waals surface area contributed by atoms with Gasteiger partial charge in [-0.05, 0) is 36.4 Å². The molecule has 0 saturated heterocycles. The highest BCUT2D eigenvalue weighted by Crippen LogP contribution is 2.34. The van der Waals surface area contributed by atoms with Gasteiger partial charge in [-0.1, -0.05) is 12.1 Å². The molecular formula is C18H12F3NO4. The van der Waals surface area contributed by atoms with E-state index in [4.69, 9.17) is 9.15 Å². The van der Waals surface area contributed by atoms with Crippen LogP contribution < -0.4 is 15.7 Å². The normalized spacial score (nSPS) is 11.4. The van der Waals surface area contributed by atoms with Crippen molar-refractivity contribution in [2.45, 2.75) is 6.18 Å². The number of benzene rings is 2. The number of amides is 1. The van der Waals surface area contributed by atoms with Crippen LogP contribution in [0.25, 0.3) is 11.0 Å². The number of nitrogens with one attached hydrogen (secondary N) is 1. The molecule has 0 unspecified atom stereocenters. The Morgan fingerprint density at radius 2 is 1.85 bits per heavy atom. The van der Waals surface area contributed by atoms with Crippen LogP contribution in [0.15, 0.2) is 57.7 Å². The molecule has 1 heterocycles. The molecule has 0 atom stereocenters. The molecule has 0 bridgehead atoms. The van der Waals surface area contributed by atoms with Crippen LogP contribution in [0.3, 0.4) is 0 Å². The molecule has 0 saturated carbocycles. The van der Waals surface area contributed by atoms with Crippen LogP contribution in [-0.2, 0) is 6.18 Å². The molecule has 0 fully saturated rings. The number of methoxy groups -OCH3 is 1. The second kappa shape index (κ2) is 6.55. The molecule has 26 heavy (non-hydrogen) atoms. The lowest BCUT2D eigenvalue weighted by Crippen LogP contribution is -2.22. The minimum atomic E-state index is -4.65. The van der Waals surface area contributed by atoms with E-state index in [-0.39, 0.29) is 5.58 Å². The molecule has 2 aromatic carbocycles. The number of hydrogen-bond acceptors (Lipinski definition) is 4. The number of anilines is 1. The van der Waals surface area contributed by atoms with Crippen molar-refractivity contribution < 1.29 is 27.1 Å². The molecule has 0 aliphatic rings. The van der Waals surface area contributed by atoms with Gasteiger partial charge in [0.15, 0.2) is 0 Å². The Balaban J connectivity index is 2.01. The van der Waals surface area contributed by atoms with Gasteiger partial charge in [-0.2, -0.15) is 13.2 Å². The number of alkyl halides is 3. The molecule has 5 nitrogen and oxygen atoms in total. The van der Waals surface area contributed by atoms with E-state index in [1.807, 2.05) is 0 Å². The van der Waals surface area contributed by atoms with Gasteiger partial charge in [0.05, 0.1) is 18.4 Å². The summed E-state index contributed by atoms with van der Waals surface area (Å²) in [6, 6.07) is 10.3. The summed E-state index contributed by atoms with van der Waals surface area (Å²) in [5.41, 5.74) is -2.61. The SMILES string of the molecule is COc1ccc2oc(=O)c(C(=O)Nc3ccccc3C(F)(F)F)cc2c1. The van der Waals surface area contributed by atoms with Crippen molar-refractivity contribution in [1.82, 2.24) is 0 Å². The fourth-order valence-electron chi connectivity index (χ4n) is 2.42. The van der Waals surface area contributed by atoms with Crippen molar-refractivity contribution in [2.75, 3.05) is 12.4 Å². The highest BCUT2D eigenvalue weighted by Gasteiger charge is 2.33. The van der Waals surface area contributed by atoms with E-state index < -0.39 is 34.5 Å². The van der Waals surface area contributed by atoms with Gasteiger partial charge < -0.3 is 14.5 Å². The quantitative estimate of drug-likeness (QED) is 0.712. The second-order valence-electron chi connectivity index (χ2n) is 5.35. The van der Waals surface area contributed by atoms with Gasteiger partial charge in [0.2, 0.25) is 0 Å². The van der Waals surface area contributed by atoms with E-state index in [1.165, 1.54) is 31.4 Å². The summed E-state index contributed by atoms with van der Waals surface area (Å²) in [5, 5.41) is 2.52. The first kappa shape index (κ1) is 17.5. The summed E-state index contributed by atoms with van der Waals surface area (Å²) < 4.78 is 49.2. The first-order chi connectivity index (χ1) is 12.3. The third kappa shape index (κ3) is 3.39. The zero-order valence-electron chi connectivity index (χ0n) is 13.4. The maximum atomic E-state index is 13.0. The monoisotopic (exact) mass is 363 g/mol. The van der Waals surface area contributed by atoms with Gasteiger partial charge in [0, 0.05) is 5.39 Å². The molecule has 1 N–H and O–H groups in total. The van der Waals surface area contributed by atoms with Crippen LogP contribution in [0.4, 0.5) is 18.9 Å². The van der Waals surface area contributed by atoms with Crippen molar-refractivity contribution in [3.63, 3.8) is 0 Å². The fourth-order valence-corrected chi connectivity index (χ4v) is 2.42. The largest absolute Gasteiger partial charge is 0.497 e. The summed E-state index contributed by atoms with van der Waals surface area (Å²) in [7, 11) is 1.45. The molecule has 0 spiro atoms. The fraction of sp³-hybridized carbons (Fsp3) is 0.111. The minimum Gasteiger partial charge on any atom is -0.497 e. The van der Waals surface area contributed by atoms with E-state index >= 15 is 0 Å². The number of para-hydroxylation sites is 1. The summed E-state index contributed by atoms with van der Waals surface area (Å²) >= 11 is 0. The van der Waals surface area contributed by atoms with Crippen LogP contribution in [0, 0.1) is 0 Å². The van der Waals surface area contributed by atoms with Gasteiger partial charge in [-0.3, -0.25) is 4.79 Å². The van der Waals surface area contributed by atoms with E-state index in [0.29, 0.717) is 11.1 Å². The van der Waals surface area contributed by atoms with Crippen molar-refractivity contribution in [1.29, 1.82) is 0 Å². The van der Waals surface area contributed by atoms with Gasteiger partial charge in [0.25, 0.3) is 5.91 Å². The van der Waals surface area contributed by atoms with Crippen molar-refractivity contribution in [2.24, 2.45) is 0 Å². The lowest BCUT2D eigenvalue weighted by atomic mass is 10.1. The van der Waals surface area contributed by atoms with Crippen LogP contribution in [0.5, 0.6) is 5.75 Å². The molecule has 3 aromatic rings. The van der Waals surface area contributed by atoms with E-state index in [1.54, 1.807) is 12.1 Å². The van der Waals surface area contributed by atoms with E-state index in [2.05, 4.69) is 5.32 Å². The Morgan fingerprint density at radius 3 is 2.54 bits per heavy atom. The van der Waals surface area contributed by atoms with Crippen LogP contribution >= 0.6 is 0 Å². The smallest absolute Gasteiger partial charge is 0.418 e. The highest BCUT2D eigenvalue weighted by molar-refractivity contribution is 6.05. The molecule has 1 aromatic heterocycles. The van der Waals surface area contributed by atoms with Crippen molar-refractivity contribution >= 4 is 22.6 Å². The van der Waals surface area contributed by atoms with Gasteiger partial charge in [0.1, 0.15) is 16.9 Å². The van der Waals surface area contributed by atoms with Crippen molar-refractivity contribution in [3.05, 3.63) is 70.1 Å². The molecule has 1 amide bonds. The minimum absolute atomic E-state index is 0.225. The zero-order chi connectivity index (χ0) is 18.9. The van der Waals surface area contributed by atoms with Gasteiger partial charge >= 0.3 is 11.8 Å². The first-order valence-electron chi connectivity index (χ1n) is 7.39. The number of fused-ring (bicyclic) bond motifs is 1. The lowest BCUT2D eigenvalue weighted by molar-refractivity contribution is -0.136. The maximum absolute atomic E-state index is 13.0. The second-order valence-corrected chi connectivity index (χ2v) is 5.35. The molecule has 134 valence electrons. The van der Waals surface area contributed by atoms with Crippen LogP contribution in [-0.4, -0.2) is 13.0 Å². The summed E-state index contributed by atoms with van der Waals surface area (Å²) in [6.07, 6.45) is -4.65. The Kier molecular flexibility index (Phi) is 4.41. The van der Waals surface area contributed by atoms with E-state index in [0.717, 1.165) is 12.1 Å². The average molecular weight is 363 g/mol. The lowest BCUT2D eigenvalue weighted by Gasteiger charge is -2.13. The highest BCUT2D eigenvalue weighted by atomic mass is 19.4. The number of carbonyl (C=O) groups is 1. The number of carbonyl (C=O) groups excluding carboxylic acids is 1. The first-order valence-corrected chi connectivity index (χ1v) is 7.39. The summed E-state index contributed by atoms with van der Waals surface area (Å²) in [6.45, 7) is 0. The van der Waals surface area contributed by atoms with E-state index in [9.17, 15) is 22.8 Å². The molecular weight excluding hydrogens is 351 g/mol. The topological polar surface area (TPSA) is 68.5 Å². The molecule has 0 aliphatic heterocycles. The zero-order valence-corrected chi connectivity index (χ0v) is 13.4. The number of ether oxygens (including phenoxy) is 1. The third-order valence-electron chi connectivity index (χ3n) is 3.66. The number of halogens is 3. The Morgan fingerprint density at radius 1 is 1.12 bits per heavy atom. The molecule has 8 heteroatoms. The number of hydrogen-bond donors (Lipinski definition) is 1. The van der Waals surface area contributed by atoms with Gasteiger partial charge in [-0.25, -0.2) is 4.79 Å². The Labute approximate surface area is 145 Å². The number of rotatable bonds is 3. The average Bonchev–Trinajstić information content (AvgIpc) is 2.60. The Bertz CT molecular complexity index is 1040. The predicted octanol–water partition coefficient (Wildman–Crippen LogP) is 4.07. The third-order valence-corrected chi connectivity index (χ3v) is 3.66.